The average Bonchev–Trinajstić information content (AvgIpc) is 2.33. The van der Waals surface area contributed by atoms with Gasteiger partial charge in [0, 0.05) is 12.1 Å². The second kappa shape index (κ2) is 7.14. The predicted molar refractivity (Wildman–Crippen MR) is 77.1 cm³/mol. The highest BCUT2D eigenvalue weighted by Gasteiger charge is 2.14. The molecule has 0 aromatic heterocycles. The molecule has 0 fully saturated rings. The summed E-state index contributed by atoms with van der Waals surface area (Å²) in [7, 11) is 0. The van der Waals surface area contributed by atoms with Gasteiger partial charge in [0.1, 0.15) is 0 Å². The Morgan fingerprint density at radius 2 is 1.89 bits per heavy atom. The van der Waals surface area contributed by atoms with Crippen LogP contribution in [0.2, 0.25) is 0 Å². The molecular weight excluding hydrogens is 240 g/mol. The van der Waals surface area contributed by atoms with Crippen molar-refractivity contribution in [3.63, 3.8) is 0 Å². The molecule has 1 aromatic carbocycles. The van der Waals surface area contributed by atoms with Crippen LogP contribution >= 0.6 is 0 Å². The molecule has 0 spiro atoms. The van der Waals surface area contributed by atoms with E-state index in [2.05, 4.69) is 10.6 Å². The van der Waals surface area contributed by atoms with E-state index in [9.17, 15) is 9.90 Å². The first kappa shape index (κ1) is 15.5. The van der Waals surface area contributed by atoms with Crippen molar-refractivity contribution < 1.29 is 9.90 Å². The maximum Gasteiger partial charge on any atom is 0.315 e. The molecule has 4 nitrogen and oxygen atoms in total. The third kappa shape index (κ3) is 7.47. The van der Waals surface area contributed by atoms with E-state index in [0.717, 1.165) is 6.42 Å². The van der Waals surface area contributed by atoms with Crippen molar-refractivity contribution >= 4 is 6.03 Å². The summed E-state index contributed by atoms with van der Waals surface area (Å²) in [5.41, 5.74) is 0.930. The largest absolute Gasteiger partial charge is 0.391 e. The maximum atomic E-state index is 11.5. The number of aryl methyl sites for hydroxylation is 1. The van der Waals surface area contributed by atoms with E-state index < -0.39 is 6.10 Å². The number of rotatable bonds is 5. The molecule has 0 aliphatic heterocycles. The summed E-state index contributed by atoms with van der Waals surface area (Å²) in [6, 6.07) is 9.76. The fourth-order valence-electron chi connectivity index (χ4n) is 1.68. The van der Waals surface area contributed by atoms with Gasteiger partial charge in [0.2, 0.25) is 0 Å². The molecule has 0 saturated heterocycles. The van der Waals surface area contributed by atoms with E-state index in [1.165, 1.54) is 5.56 Å². The van der Waals surface area contributed by atoms with Gasteiger partial charge in [-0.25, -0.2) is 4.79 Å². The molecule has 3 N–H and O–H groups in total. The second-order valence-corrected chi connectivity index (χ2v) is 5.76. The highest BCUT2D eigenvalue weighted by Crippen LogP contribution is 2.04. The van der Waals surface area contributed by atoms with E-state index in [4.69, 9.17) is 0 Å². The highest BCUT2D eigenvalue weighted by molar-refractivity contribution is 5.74. The number of carbonyl (C=O) groups is 1. The Morgan fingerprint density at radius 3 is 2.47 bits per heavy atom. The summed E-state index contributed by atoms with van der Waals surface area (Å²) in [5, 5.41) is 15.3. The number of hydrogen-bond acceptors (Lipinski definition) is 2. The predicted octanol–water partition coefficient (Wildman–Crippen LogP) is 2.08. The summed E-state index contributed by atoms with van der Waals surface area (Å²) in [6.45, 7) is 6.02. The average molecular weight is 264 g/mol. The lowest BCUT2D eigenvalue weighted by molar-refractivity contribution is 0.160. The van der Waals surface area contributed by atoms with Crippen LogP contribution in [0.3, 0.4) is 0 Å². The van der Waals surface area contributed by atoms with Gasteiger partial charge in [0.15, 0.2) is 0 Å². The summed E-state index contributed by atoms with van der Waals surface area (Å²) in [4.78, 5) is 11.5. The zero-order valence-corrected chi connectivity index (χ0v) is 11.9. The Morgan fingerprint density at radius 1 is 1.26 bits per heavy atom. The Kier molecular flexibility index (Phi) is 5.83. The lowest BCUT2D eigenvalue weighted by atomic mass is 10.1. The lowest BCUT2D eigenvalue weighted by Crippen LogP contribution is -2.48. The number of aliphatic hydroxyl groups is 1. The normalized spacial score (nSPS) is 12.8. The molecule has 1 atom stereocenters. The molecule has 0 radical (unpaired) electrons. The van der Waals surface area contributed by atoms with E-state index in [1.807, 2.05) is 51.1 Å². The molecule has 1 aromatic rings. The van der Waals surface area contributed by atoms with Crippen molar-refractivity contribution in [1.82, 2.24) is 10.6 Å². The highest BCUT2D eigenvalue weighted by atomic mass is 16.3. The molecule has 4 heteroatoms. The first-order valence-electron chi connectivity index (χ1n) is 6.65. The molecule has 19 heavy (non-hydrogen) atoms. The van der Waals surface area contributed by atoms with Gasteiger partial charge in [-0.3, -0.25) is 0 Å². The van der Waals surface area contributed by atoms with Gasteiger partial charge in [-0.15, -0.1) is 0 Å². The molecule has 0 bridgehead atoms. The van der Waals surface area contributed by atoms with Crippen LogP contribution in [0.15, 0.2) is 30.3 Å². The van der Waals surface area contributed by atoms with Gasteiger partial charge < -0.3 is 15.7 Å². The minimum atomic E-state index is -0.522. The monoisotopic (exact) mass is 264 g/mol. The van der Waals surface area contributed by atoms with Crippen molar-refractivity contribution in [2.24, 2.45) is 0 Å². The van der Waals surface area contributed by atoms with Gasteiger partial charge in [0.25, 0.3) is 0 Å². The SMILES string of the molecule is CC(C)(C)NC(=O)NCC(O)CCc1ccccc1. The number of benzene rings is 1. The standard InChI is InChI=1S/C15H24N2O2/c1-15(2,3)17-14(19)16-11-13(18)10-9-12-7-5-4-6-8-12/h4-8,13,18H,9-11H2,1-3H3,(H2,16,17,19). The molecule has 1 unspecified atom stereocenters. The van der Waals surface area contributed by atoms with Crippen LogP contribution in [-0.2, 0) is 6.42 Å². The number of hydrogen-bond donors (Lipinski definition) is 3. The topological polar surface area (TPSA) is 61.4 Å². The first-order chi connectivity index (χ1) is 8.87. The van der Waals surface area contributed by atoms with E-state index >= 15 is 0 Å². The van der Waals surface area contributed by atoms with Crippen LogP contribution in [0.4, 0.5) is 4.79 Å². The summed E-state index contributed by atoms with van der Waals surface area (Å²) in [6.07, 6.45) is 0.927. The Bertz CT molecular complexity index is 385. The van der Waals surface area contributed by atoms with Crippen LogP contribution in [-0.4, -0.2) is 29.3 Å². The van der Waals surface area contributed by atoms with Gasteiger partial charge in [0.05, 0.1) is 6.10 Å². The quantitative estimate of drug-likeness (QED) is 0.762. The molecular formula is C15H24N2O2. The number of carbonyl (C=O) groups excluding carboxylic acids is 1. The van der Waals surface area contributed by atoms with Crippen LogP contribution < -0.4 is 10.6 Å². The molecule has 0 aliphatic rings. The summed E-state index contributed by atoms with van der Waals surface area (Å²) in [5.74, 6) is 0. The van der Waals surface area contributed by atoms with Crippen molar-refractivity contribution in [2.45, 2.75) is 45.3 Å². The van der Waals surface area contributed by atoms with Crippen molar-refractivity contribution in [3.8, 4) is 0 Å². The first-order valence-corrected chi connectivity index (χ1v) is 6.65. The number of urea groups is 1. The molecule has 106 valence electrons. The van der Waals surface area contributed by atoms with Gasteiger partial charge in [-0.05, 0) is 39.2 Å². The number of amides is 2. The second-order valence-electron chi connectivity index (χ2n) is 5.76. The van der Waals surface area contributed by atoms with E-state index in [-0.39, 0.29) is 18.1 Å². The Hall–Kier alpha value is -1.55. The van der Waals surface area contributed by atoms with Crippen LogP contribution in [0.25, 0.3) is 0 Å². The van der Waals surface area contributed by atoms with E-state index in [1.54, 1.807) is 0 Å². The minimum Gasteiger partial charge on any atom is -0.391 e. The van der Waals surface area contributed by atoms with Gasteiger partial charge in [-0.2, -0.15) is 0 Å². The smallest absolute Gasteiger partial charge is 0.315 e. The van der Waals surface area contributed by atoms with Crippen molar-refractivity contribution in [1.29, 1.82) is 0 Å². The molecule has 0 aliphatic carbocycles. The molecule has 0 saturated carbocycles. The van der Waals surface area contributed by atoms with Crippen LogP contribution in [0.1, 0.15) is 32.8 Å². The zero-order valence-electron chi connectivity index (χ0n) is 11.9. The third-order valence-electron chi connectivity index (χ3n) is 2.60. The third-order valence-corrected chi connectivity index (χ3v) is 2.60. The Balaban J connectivity index is 2.21. The fraction of sp³-hybridized carbons (Fsp3) is 0.533. The summed E-state index contributed by atoms with van der Waals surface area (Å²) >= 11 is 0. The minimum absolute atomic E-state index is 0.244. The molecule has 0 heterocycles. The van der Waals surface area contributed by atoms with Gasteiger partial charge in [-0.1, -0.05) is 30.3 Å². The fourth-order valence-corrected chi connectivity index (χ4v) is 1.68. The molecule has 1 rings (SSSR count). The zero-order chi connectivity index (χ0) is 14.3. The Labute approximate surface area is 115 Å². The van der Waals surface area contributed by atoms with Crippen LogP contribution in [0.5, 0.6) is 0 Å². The molecule has 2 amide bonds. The van der Waals surface area contributed by atoms with Crippen molar-refractivity contribution in [2.75, 3.05) is 6.54 Å². The summed E-state index contributed by atoms with van der Waals surface area (Å²) < 4.78 is 0. The van der Waals surface area contributed by atoms with E-state index in [0.29, 0.717) is 6.42 Å². The number of aliphatic hydroxyl groups excluding tert-OH is 1. The lowest BCUT2D eigenvalue weighted by Gasteiger charge is -2.21. The maximum absolute atomic E-state index is 11.5. The van der Waals surface area contributed by atoms with Crippen LogP contribution in [0, 0.1) is 0 Å². The van der Waals surface area contributed by atoms with Gasteiger partial charge >= 0.3 is 6.03 Å². The number of nitrogens with one attached hydrogen (secondary N) is 2. The van der Waals surface area contributed by atoms with Crippen molar-refractivity contribution in [3.05, 3.63) is 35.9 Å².